The molecule has 96 valence electrons. The fraction of sp³-hybridized carbons (Fsp3) is 0.462. The van der Waals surface area contributed by atoms with Gasteiger partial charge in [-0.1, -0.05) is 6.07 Å². The van der Waals surface area contributed by atoms with E-state index in [1.54, 1.807) is 0 Å². The first-order chi connectivity index (χ1) is 8.83. The smallest absolute Gasteiger partial charge is 0.129 e. The maximum Gasteiger partial charge on any atom is 0.129 e. The van der Waals surface area contributed by atoms with Gasteiger partial charge in [0.25, 0.3) is 0 Å². The van der Waals surface area contributed by atoms with Crippen LogP contribution in [0.4, 0.5) is 0 Å². The van der Waals surface area contributed by atoms with E-state index in [4.69, 9.17) is 4.74 Å². The zero-order valence-electron chi connectivity index (χ0n) is 10.0. The van der Waals surface area contributed by atoms with Gasteiger partial charge in [0.15, 0.2) is 0 Å². The number of fused-ring (bicyclic) bond motifs is 1. The Morgan fingerprint density at radius 1 is 1.50 bits per heavy atom. The molecule has 18 heavy (non-hydrogen) atoms. The molecule has 1 aromatic heterocycles. The second kappa shape index (κ2) is 5.22. The number of aliphatic hydroxyl groups is 1. The second-order valence-corrected chi connectivity index (χ2v) is 5.47. The first-order valence-electron chi connectivity index (χ1n) is 6.20. The first-order valence-corrected chi connectivity index (χ1v) is 6.98. The molecule has 3 rings (SSSR count). The van der Waals surface area contributed by atoms with Gasteiger partial charge in [0.05, 0.1) is 16.3 Å². The molecule has 0 saturated heterocycles. The lowest BCUT2D eigenvalue weighted by atomic mass is 10.2. The van der Waals surface area contributed by atoms with Crippen molar-refractivity contribution in [1.82, 2.24) is 9.69 Å². The average molecular weight is 264 g/mol. The van der Waals surface area contributed by atoms with Crippen molar-refractivity contribution >= 4 is 21.6 Å². The van der Waals surface area contributed by atoms with E-state index in [1.807, 2.05) is 24.4 Å². The number of rotatable bonds is 6. The molecule has 1 aromatic carbocycles. The third-order valence-electron chi connectivity index (χ3n) is 3.01. The molecule has 1 fully saturated rings. The van der Waals surface area contributed by atoms with Gasteiger partial charge in [-0.15, -0.1) is 0 Å². The molecule has 0 spiro atoms. The molecular formula is C13H16N2O2S. The third-order valence-corrected chi connectivity index (χ3v) is 3.77. The molecule has 1 saturated carbocycles. The van der Waals surface area contributed by atoms with Crippen LogP contribution in [0.15, 0.2) is 24.4 Å². The van der Waals surface area contributed by atoms with Crippen molar-refractivity contribution in [2.75, 3.05) is 13.2 Å². The summed E-state index contributed by atoms with van der Waals surface area (Å²) in [6.45, 7) is 0.914. The van der Waals surface area contributed by atoms with Crippen LogP contribution in [0.3, 0.4) is 0 Å². The van der Waals surface area contributed by atoms with Crippen LogP contribution in [0, 0.1) is 0 Å². The van der Waals surface area contributed by atoms with E-state index in [2.05, 4.69) is 9.69 Å². The molecule has 0 amide bonds. The fourth-order valence-electron chi connectivity index (χ4n) is 1.83. The molecular weight excluding hydrogens is 248 g/mol. The highest BCUT2D eigenvalue weighted by Gasteiger charge is 2.21. The Balaban J connectivity index is 1.56. The highest BCUT2D eigenvalue weighted by molar-refractivity contribution is 7.13. The van der Waals surface area contributed by atoms with Crippen molar-refractivity contribution < 1.29 is 9.84 Å². The zero-order valence-corrected chi connectivity index (χ0v) is 10.8. The topological polar surface area (TPSA) is 54.4 Å². The number of hydrogen-bond donors (Lipinski definition) is 2. The molecule has 1 aliphatic carbocycles. The predicted molar refractivity (Wildman–Crippen MR) is 72.1 cm³/mol. The van der Waals surface area contributed by atoms with Crippen LogP contribution >= 0.6 is 11.5 Å². The lowest BCUT2D eigenvalue weighted by Crippen LogP contribution is -2.32. The summed E-state index contributed by atoms with van der Waals surface area (Å²) in [7, 11) is 0. The summed E-state index contributed by atoms with van der Waals surface area (Å²) >= 11 is 1.45. The molecule has 1 unspecified atom stereocenters. The third kappa shape index (κ3) is 2.80. The minimum Gasteiger partial charge on any atom is -0.490 e. The van der Waals surface area contributed by atoms with Gasteiger partial charge in [0, 0.05) is 12.6 Å². The van der Waals surface area contributed by atoms with Gasteiger partial charge in [-0.25, -0.2) is 0 Å². The number of aliphatic hydroxyl groups excluding tert-OH is 1. The molecule has 2 aromatic rings. The Morgan fingerprint density at radius 2 is 2.39 bits per heavy atom. The van der Waals surface area contributed by atoms with Crippen LogP contribution in [-0.4, -0.2) is 34.8 Å². The number of nitrogens with one attached hydrogen (secondary N) is 1. The highest BCUT2D eigenvalue weighted by atomic mass is 32.1. The summed E-state index contributed by atoms with van der Waals surface area (Å²) in [4.78, 5) is 0. The molecule has 1 atom stereocenters. The van der Waals surface area contributed by atoms with Crippen molar-refractivity contribution in [2.24, 2.45) is 0 Å². The first kappa shape index (κ1) is 11.9. The molecule has 4 nitrogen and oxygen atoms in total. The molecule has 0 aliphatic heterocycles. The van der Waals surface area contributed by atoms with E-state index in [9.17, 15) is 5.11 Å². The highest BCUT2D eigenvalue weighted by Crippen LogP contribution is 2.27. The maximum atomic E-state index is 9.81. The predicted octanol–water partition coefficient (Wildman–Crippen LogP) is 1.79. The van der Waals surface area contributed by atoms with Crippen molar-refractivity contribution in [1.29, 1.82) is 0 Å². The van der Waals surface area contributed by atoms with Crippen LogP contribution in [0.25, 0.3) is 10.1 Å². The second-order valence-electron chi connectivity index (χ2n) is 4.64. The van der Waals surface area contributed by atoms with Gasteiger partial charge < -0.3 is 15.2 Å². The van der Waals surface area contributed by atoms with Gasteiger partial charge in [-0.2, -0.15) is 4.37 Å². The van der Waals surface area contributed by atoms with E-state index in [0.29, 0.717) is 19.2 Å². The normalized spacial score (nSPS) is 16.9. The number of nitrogens with zero attached hydrogens (tertiary/aromatic N) is 1. The fourth-order valence-corrected chi connectivity index (χ4v) is 2.49. The van der Waals surface area contributed by atoms with Crippen molar-refractivity contribution in [2.45, 2.75) is 25.0 Å². The summed E-state index contributed by atoms with van der Waals surface area (Å²) in [5.41, 5.74) is 0. The monoisotopic (exact) mass is 264 g/mol. The molecule has 0 bridgehead atoms. The number of hydrogen-bond acceptors (Lipinski definition) is 5. The molecule has 5 heteroatoms. The van der Waals surface area contributed by atoms with E-state index in [0.717, 1.165) is 15.8 Å². The molecule has 2 N–H and O–H groups in total. The maximum absolute atomic E-state index is 9.81. The largest absolute Gasteiger partial charge is 0.490 e. The van der Waals surface area contributed by atoms with Crippen molar-refractivity contribution in [3.63, 3.8) is 0 Å². The molecule has 1 heterocycles. The Labute approximate surface area is 110 Å². The van der Waals surface area contributed by atoms with Crippen LogP contribution < -0.4 is 10.1 Å². The number of benzene rings is 1. The Kier molecular flexibility index (Phi) is 3.45. The van der Waals surface area contributed by atoms with Crippen LogP contribution in [-0.2, 0) is 0 Å². The van der Waals surface area contributed by atoms with E-state index in [-0.39, 0.29) is 0 Å². The van der Waals surface area contributed by atoms with Gasteiger partial charge in [-0.3, -0.25) is 0 Å². The summed E-state index contributed by atoms with van der Waals surface area (Å²) in [6.07, 6.45) is 3.80. The van der Waals surface area contributed by atoms with Gasteiger partial charge in [0.1, 0.15) is 18.5 Å². The van der Waals surface area contributed by atoms with E-state index in [1.165, 1.54) is 24.4 Å². The SMILES string of the molecule is OC(CNC1CC1)COc1cccc2sncc12. The summed E-state index contributed by atoms with van der Waals surface area (Å²) in [5, 5.41) is 14.1. The Bertz CT molecular complexity index is 524. The minimum absolute atomic E-state index is 0.314. The summed E-state index contributed by atoms with van der Waals surface area (Å²) in [5.74, 6) is 0.798. The van der Waals surface area contributed by atoms with E-state index >= 15 is 0 Å². The van der Waals surface area contributed by atoms with Crippen LogP contribution in [0.5, 0.6) is 5.75 Å². The standard InChI is InChI=1S/C13H16N2O2S/c16-10(6-14-9-4-5-9)8-17-12-2-1-3-13-11(12)7-15-18-13/h1-3,7,9-10,14,16H,4-6,8H2. The number of aromatic nitrogens is 1. The lowest BCUT2D eigenvalue weighted by molar-refractivity contribution is 0.107. The zero-order chi connectivity index (χ0) is 12.4. The van der Waals surface area contributed by atoms with Gasteiger partial charge in [0.2, 0.25) is 0 Å². The molecule has 0 radical (unpaired) electrons. The van der Waals surface area contributed by atoms with E-state index < -0.39 is 6.10 Å². The molecule has 1 aliphatic rings. The van der Waals surface area contributed by atoms with Gasteiger partial charge in [-0.05, 0) is 36.5 Å². The van der Waals surface area contributed by atoms with Crippen LogP contribution in [0.2, 0.25) is 0 Å². The van der Waals surface area contributed by atoms with Crippen molar-refractivity contribution in [3.8, 4) is 5.75 Å². The summed E-state index contributed by atoms with van der Waals surface area (Å²) in [6, 6.07) is 6.50. The Morgan fingerprint density at radius 3 is 3.22 bits per heavy atom. The Hall–Kier alpha value is -1.17. The summed E-state index contributed by atoms with van der Waals surface area (Å²) < 4.78 is 10.9. The average Bonchev–Trinajstić information content (AvgIpc) is 3.09. The quantitative estimate of drug-likeness (QED) is 0.835. The van der Waals surface area contributed by atoms with Crippen molar-refractivity contribution in [3.05, 3.63) is 24.4 Å². The lowest BCUT2D eigenvalue weighted by Gasteiger charge is -2.13. The van der Waals surface area contributed by atoms with Crippen LogP contribution in [0.1, 0.15) is 12.8 Å². The minimum atomic E-state index is -0.465. The van der Waals surface area contributed by atoms with Gasteiger partial charge >= 0.3 is 0 Å². The number of ether oxygens (including phenoxy) is 1.